The summed E-state index contributed by atoms with van der Waals surface area (Å²) in [5.74, 6) is -1.23. The van der Waals surface area contributed by atoms with Crippen LogP contribution in [0.15, 0.2) is 0 Å². The summed E-state index contributed by atoms with van der Waals surface area (Å²) in [5, 5.41) is 0. The zero-order valence-electron chi connectivity index (χ0n) is 30.7. The minimum atomic E-state index is -4.57. The van der Waals surface area contributed by atoms with Crippen LogP contribution in [0.2, 0.25) is 0 Å². The Morgan fingerprint density at radius 1 is 0.400 bits per heavy atom. The second-order valence-corrected chi connectivity index (χ2v) is 15.0. The fourth-order valence-corrected chi connectivity index (χ4v) is 7.32. The molecule has 0 aliphatic rings. The van der Waals surface area contributed by atoms with Gasteiger partial charge in [0.05, 0.1) is 0 Å². The van der Waals surface area contributed by atoms with Crippen molar-refractivity contribution in [2.24, 2.45) is 0 Å². The summed E-state index contributed by atoms with van der Waals surface area (Å²) in [4.78, 5) is 0. The van der Waals surface area contributed by atoms with E-state index in [0.29, 0.717) is 19.4 Å². The van der Waals surface area contributed by atoms with Gasteiger partial charge in [0, 0.05) is 19.4 Å². The lowest BCUT2D eigenvalue weighted by Crippen LogP contribution is -2.38. The second kappa shape index (κ2) is 33.7. The summed E-state index contributed by atoms with van der Waals surface area (Å²) < 4.78 is 44.1. The molecular formula is C39H80O5S. The predicted molar refractivity (Wildman–Crippen MR) is 195 cm³/mol. The van der Waals surface area contributed by atoms with Crippen molar-refractivity contribution in [1.29, 1.82) is 0 Å². The van der Waals surface area contributed by atoms with Crippen molar-refractivity contribution in [2.45, 2.75) is 245 Å². The molecule has 0 bridgehead atoms. The van der Waals surface area contributed by atoms with Gasteiger partial charge in [-0.25, -0.2) is 4.18 Å². The van der Waals surface area contributed by atoms with Crippen LogP contribution in [-0.2, 0) is 19.3 Å². The van der Waals surface area contributed by atoms with Gasteiger partial charge in [0.1, 0.15) is 0 Å². The Morgan fingerprint density at radius 3 is 0.822 bits per heavy atom. The maximum atomic E-state index is 11.7. The molecular weight excluding hydrogens is 580 g/mol. The number of hydrogen-bond donors (Lipinski definition) is 1. The van der Waals surface area contributed by atoms with Crippen molar-refractivity contribution in [1.82, 2.24) is 0 Å². The van der Waals surface area contributed by atoms with E-state index in [1.54, 1.807) is 0 Å². The van der Waals surface area contributed by atoms with Gasteiger partial charge in [0.2, 0.25) is 0 Å². The monoisotopic (exact) mass is 661 g/mol. The fraction of sp³-hybridized carbons (Fsp3) is 1.00. The fourth-order valence-electron chi connectivity index (χ4n) is 6.72. The normalized spacial score (nSPS) is 12.4. The van der Waals surface area contributed by atoms with Crippen molar-refractivity contribution in [2.75, 3.05) is 6.61 Å². The molecule has 0 aromatic rings. The zero-order valence-corrected chi connectivity index (χ0v) is 31.6. The van der Waals surface area contributed by atoms with Crippen LogP contribution in [0.4, 0.5) is 0 Å². The maximum absolute atomic E-state index is 11.7. The van der Waals surface area contributed by atoms with Crippen LogP contribution in [0.1, 0.15) is 239 Å². The molecule has 0 radical (unpaired) electrons. The Bertz CT molecular complexity index is 645. The lowest BCUT2D eigenvalue weighted by molar-refractivity contribution is -0.191. The van der Waals surface area contributed by atoms with Crippen molar-refractivity contribution in [3.63, 3.8) is 0 Å². The van der Waals surface area contributed by atoms with E-state index in [0.717, 1.165) is 38.5 Å². The summed E-state index contributed by atoms with van der Waals surface area (Å²) in [7, 11) is -4.57. The first-order valence-electron chi connectivity index (χ1n) is 20.2. The van der Waals surface area contributed by atoms with Crippen LogP contribution in [0.25, 0.3) is 0 Å². The van der Waals surface area contributed by atoms with E-state index < -0.39 is 16.2 Å². The molecule has 0 unspecified atom stereocenters. The van der Waals surface area contributed by atoms with E-state index in [9.17, 15) is 13.0 Å². The molecule has 0 aliphatic carbocycles. The third-order valence-corrected chi connectivity index (χ3v) is 10.0. The molecule has 0 atom stereocenters. The summed E-state index contributed by atoms with van der Waals surface area (Å²) in [5.41, 5.74) is 0. The Balaban J connectivity index is 3.97. The molecule has 0 spiro atoms. The van der Waals surface area contributed by atoms with Gasteiger partial charge >= 0.3 is 10.4 Å². The van der Waals surface area contributed by atoms with Crippen LogP contribution in [0.5, 0.6) is 0 Å². The first kappa shape index (κ1) is 44.8. The molecule has 45 heavy (non-hydrogen) atoms. The average molecular weight is 661 g/mol. The molecule has 0 amide bonds. The smallest absolute Gasteiger partial charge is 0.349 e. The Hall–Kier alpha value is -0.170. The molecule has 5 nitrogen and oxygen atoms in total. The number of unbranched alkanes of at least 4 members (excludes halogenated alkanes) is 30. The Morgan fingerprint density at radius 2 is 0.622 bits per heavy atom. The van der Waals surface area contributed by atoms with Gasteiger partial charge in [-0.3, -0.25) is 4.55 Å². The van der Waals surface area contributed by atoms with E-state index in [1.165, 1.54) is 167 Å². The van der Waals surface area contributed by atoms with Crippen LogP contribution >= 0.6 is 0 Å². The molecule has 0 aliphatic heterocycles. The first-order chi connectivity index (χ1) is 21.9. The second-order valence-electron chi connectivity index (χ2n) is 14.0. The Labute approximate surface area is 283 Å². The highest BCUT2D eigenvalue weighted by Gasteiger charge is 2.36. The van der Waals surface area contributed by atoms with Gasteiger partial charge in [-0.05, 0) is 19.8 Å². The van der Waals surface area contributed by atoms with Crippen molar-refractivity contribution < 1.29 is 21.9 Å². The molecule has 0 rings (SSSR count). The van der Waals surface area contributed by atoms with Gasteiger partial charge in [0.25, 0.3) is 0 Å². The lowest BCUT2D eigenvalue weighted by atomic mass is 9.98. The lowest BCUT2D eigenvalue weighted by Gasteiger charge is -2.32. The van der Waals surface area contributed by atoms with Gasteiger partial charge in [0.15, 0.2) is 5.79 Å². The molecule has 1 N–H and O–H groups in total. The predicted octanol–water partition coefficient (Wildman–Crippen LogP) is 13.8. The van der Waals surface area contributed by atoms with Gasteiger partial charge < -0.3 is 4.74 Å². The summed E-state index contributed by atoms with van der Waals surface area (Å²) >= 11 is 0. The van der Waals surface area contributed by atoms with Gasteiger partial charge in [-0.15, -0.1) is 0 Å². The van der Waals surface area contributed by atoms with Crippen LogP contribution < -0.4 is 0 Å². The molecule has 0 saturated heterocycles. The van der Waals surface area contributed by atoms with Crippen molar-refractivity contribution in [3.8, 4) is 0 Å². The third kappa shape index (κ3) is 33.5. The molecule has 6 heteroatoms. The van der Waals surface area contributed by atoms with Gasteiger partial charge in [-0.2, -0.15) is 8.42 Å². The third-order valence-electron chi connectivity index (χ3n) is 9.49. The van der Waals surface area contributed by atoms with Crippen molar-refractivity contribution >= 4 is 10.4 Å². The van der Waals surface area contributed by atoms with E-state index in [1.807, 2.05) is 6.92 Å². The van der Waals surface area contributed by atoms with E-state index in [4.69, 9.17) is 8.92 Å². The van der Waals surface area contributed by atoms with Gasteiger partial charge in [-0.1, -0.05) is 206 Å². The molecule has 0 heterocycles. The average Bonchev–Trinajstić information content (AvgIpc) is 3.00. The maximum Gasteiger partial charge on any atom is 0.400 e. The molecule has 0 saturated carbocycles. The minimum absolute atomic E-state index is 0.368. The summed E-state index contributed by atoms with van der Waals surface area (Å²) in [6, 6.07) is 0. The van der Waals surface area contributed by atoms with Crippen LogP contribution in [0.3, 0.4) is 0 Å². The summed E-state index contributed by atoms with van der Waals surface area (Å²) in [6.45, 7) is 6.79. The number of ether oxygens (including phenoxy) is 1. The van der Waals surface area contributed by atoms with E-state index >= 15 is 0 Å². The molecule has 0 aromatic heterocycles. The SMILES string of the molecule is CCCCCCCCCCCCCCCCCCC(CCCCCCCCCCCCCCCCCC)(OCC)OS(=O)(=O)O. The molecule has 0 aromatic carbocycles. The molecule has 272 valence electrons. The van der Waals surface area contributed by atoms with Crippen LogP contribution in [0, 0.1) is 0 Å². The highest BCUT2D eigenvalue weighted by atomic mass is 32.3. The van der Waals surface area contributed by atoms with E-state index in [2.05, 4.69) is 13.8 Å². The highest BCUT2D eigenvalue weighted by Crippen LogP contribution is 2.30. The standard InChI is InChI=1S/C39H80O5S/c1-4-7-9-11-13-15-17-19-21-23-25-27-29-31-33-35-37-39(43-6-3,44-45(40,41)42)38-36-34-32-30-28-26-24-22-20-18-16-14-12-10-8-5-2/h4-38H2,1-3H3,(H,40,41,42). The Kier molecular flexibility index (Phi) is 33.6. The topological polar surface area (TPSA) is 72.8 Å². The first-order valence-corrected chi connectivity index (χ1v) is 21.6. The largest absolute Gasteiger partial charge is 0.400 e. The number of rotatable bonds is 38. The van der Waals surface area contributed by atoms with Crippen LogP contribution in [-0.4, -0.2) is 25.4 Å². The van der Waals surface area contributed by atoms with Crippen molar-refractivity contribution in [3.05, 3.63) is 0 Å². The zero-order chi connectivity index (χ0) is 33.2. The van der Waals surface area contributed by atoms with E-state index in [-0.39, 0.29) is 0 Å². The minimum Gasteiger partial charge on any atom is -0.349 e. The number of hydrogen-bond acceptors (Lipinski definition) is 4. The quantitative estimate of drug-likeness (QED) is 0.0405. The summed E-state index contributed by atoms with van der Waals surface area (Å²) in [6.07, 6.45) is 42.6. The molecule has 0 fully saturated rings. The highest BCUT2D eigenvalue weighted by molar-refractivity contribution is 7.80.